The minimum absolute atomic E-state index is 0.214. The van der Waals surface area contributed by atoms with E-state index in [2.05, 4.69) is 38.5 Å². The van der Waals surface area contributed by atoms with Crippen molar-refractivity contribution in [3.05, 3.63) is 28.8 Å². The molecule has 2 unspecified atom stereocenters. The highest BCUT2D eigenvalue weighted by Crippen LogP contribution is 2.33. The summed E-state index contributed by atoms with van der Waals surface area (Å²) >= 11 is 6.15. The van der Waals surface area contributed by atoms with Gasteiger partial charge in [-0.3, -0.25) is 14.6 Å². The van der Waals surface area contributed by atoms with Gasteiger partial charge in [0.25, 0.3) is 0 Å². The second kappa shape index (κ2) is 8.01. The van der Waals surface area contributed by atoms with Gasteiger partial charge in [0.1, 0.15) is 17.2 Å². The first-order chi connectivity index (χ1) is 14.8. The molecule has 2 bridgehead atoms. The zero-order valence-corrected chi connectivity index (χ0v) is 19.1. The molecular weight excluding hydrogens is 417 g/mol. The number of aromatic amines is 1. The smallest absolute Gasteiger partial charge is 0.228 e. The number of amides is 1. The number of nitrogens with one attached hydrogen (secondary N) is 1. The van der Waals surface area contributed by atoms with E-state index >= 15 is 0 Å². The van der Waals surface area contributed by atoms with Crippen molar-refractivity contribution in [1.82, 2.24) is 24.7 Å². The highest BCUT2D eigenvalue weighted by Gasteiger charge is 2.41. The molecule has 1 aromatic heterocycles. The van der Waals surface area contributed by atoms with Gasteiger partial charge in [-0.2, -0.15) is 0 Å². The lowest BCUT2D eigenvalue weighted by molar-refractivity contribution is -0.144. The van der Waals surface area contributed by atoms with E-state index in [1.165, 1.54) is 25.0 Å². The van der Waals surface area contributed by atoms with Crippen molar-refractivity contribution in [3.8, 4) is 0 Å². The van der Waals surface area contributed by atoms with Gasteiger partial charge in [-0.25, -0.2) is 9.37 Å². The number of hydrogen-bond donors (Lipinski definition) is 1. The highest BCUT2D eigenvalue weighted by molar-refractivity contribution is 6.34. The number of carbonyl (C=O) groups excluding carboxylic acids is 1. The standard InChI is InChI=1S/C23H31ClFN5O/c1-23(2)6-3-7-29(22(23)31)8-9-30-16-4-5-17(30)13-28(12-16)14-20-26-19-11-15(25)10-18(24)21(19)27-20/h10-11,16-17H,3-9,12-14H2,1-2H3,(H,26,27). The van der Waals surface area contributed by atoms with Crippen LogP contribution in [0.5, 0.6) is 0 Å². The number of H-pyrrole nitrogens is 1. The number of piperidine rings is 1. The molecule has 6 nitrogen and oxygen atoms in total. The predicted octanol–water partition coefficient (Wildman–Crippen LogP) is 3.65. The molecule has 1 amide bonds. The van der Waals surface area contributed by atoms with Crippen LogP contribution in [0.15, 0.2) is 12.1 Å². The molecule has 8 heteroatoms. The van der Waals surface area contributed by atoms with Crippen LogP contribution < -0.4 is 0 Å². The van der Waals surface area contributed by atoms with Crippen LogP contribution in [0.25, 0.3) is 11.0 Å². The van der Waals surface area contributed by atoms with Crippen LogP contribution in [0, 0.1) is 11.2 Å². The Morgan fingerprint density at radius 1 is 1.23 bits per heavy atom. The Balaban J connectivity index is 1.20. The summed E-state index contributed by atoms with van der Waals surface area (Å²) in [6.07, 6.45) is 4.51. The summed E-state index contributed by atoms with van der Waals surface area (Å²) in [6, 6.07) is 3.80. The number of likely N-dealkylation sites (tertiary alicyclic amines) is 2. The maximum Gasteiger partial charge on any atom is 0.228 e. The van der Waals surface area contributed by atoms with Crippen LogP contribution in [0.3, 0.4) is 0 Å². The first-order valence-electron chi connectivity index (χ1n) is 11.4. The third-order valence-corrected chi connectivity index (χ3v) is 7.65. The van der Waals surface area contributed by atoms with Crippen LogP contribution in [0.4, 0.5) is 4.39 Å². The minimum atomic E-state index is -0.352. The van der Waals surface area contributed by atoms with Gasteiger partial charge < -0.3 is 9.88 Å². The van der Waals surface area contributed by atoms with Crippen molar-refractivity contribution in [2.75, 3.05) is 32.7 Å². The molecule has 1 aromatic carbocycles. The normalized spacial score (nSPS) is 26.8. The Labute approximate surface area is 187 Å². The van der Waals surface area contributed by atoms with E-state index in [0.29, 0.717) is 40.6 Å². The maximum absolute atomic E-state index is 13.6. The molecule has 2 atom stereocenters. The van der Waals surface area contributed by atoms with Crippen molar-refractivity contribution in [2.45, 2.75) is 58.2 Å². The number of imidazole rings is 1. The van der Waals surface area contributed by atoms with Crippen LogP contribution in [-0.2, 0) is 11.3 Å². The van der Waals surface area contributed by atoms with Gasteiger partial charge in [0.2, 0.25) is 5.91 Å². The van der Waals surface area contributed by atoms with Crippen LogP contribution in [0.1, 0.15) is 45.4 Å². The molecule has 1 N–H and O–H groups in total. The summed E-state index contributed by atoms with van der Waals surface area (Å²) < 4.78 is 13.6. The number of benzene rings is 1. The largest absolute Gasteiger partial charge is 0.341 e. The third kappa shape index (κ3) is 4.08. The minimum Gasteiger partial charge on any atom is -0.341 e. The van der Waals surface area contributed by atoms with Gasteiger partial charge in [0.15, 0.2) is 0 Å². The number of carbonyl (C=O) groups is 1. The predicted molar refractivity (Wildman–Crippen MR) is 119 cm³/mol. The summed E-state index contributed by atoms with van der Waals surface area (Å²) in [5.41, 5.74) is 1.07. The molecule has 31 heavy (non-hydrogen) atoms. The van der Waals surface area contributed by atoms with E-state index in [0.717, 1.165) is 51.4 Å². The Kier molecular flexibility index (Phi) is 5.47. The summed E-state index contributed by atoms with van der Waals surface area (Å²) in [5, 5.41) is 0.345. The zero-order valence-electron chi connectivity index (χ0n) is 18.3. The molecule has 3 saturated heterocycles. The Morgan fingerprint density at radius 2 is 1.97 bits per heavy atom. The van der Waals surface area contributed by atoms with Gasteiger partial charge in [-0.05, 0) is 37.8 Å². The van der Waals surface area contributed by atoms with Gasteiger partial charge in [0, 0.05) is 50.2 Å². The molecule has 3 aliphatic rings. The quantitative estimate of drug-likeness (QED) is 0.760. The van der Waals surface area contributed by atoms with Crippen LogP contribution in [-0.4, -0.2) is 75.4 Å². The van der Waals surface area contributed by atoms with Crippen molar-refractivity contribution in [2.24, 2.45) is 5.41 Å². The molecular formula is C23H31ClFN5O. The number of hydrogen-bond acceptors (Lipinski definition) is 4. The Bertz CT molecular complexity index is 978. The zero-order chi connectivity index (χ0) is 21.8. The Morgan fingerprint density at radius 3 is 2.71 bits per heavy atom. The highest BCUT2D eigenvalue weighted by atomic mass is 35.5. The monoisotopic (exact) mass is 447 g/mol. The average molecular weight is 448 g/mol. The molecule has 0 saturated carbocycles. The molecule has 2 aromatic rings. The second-order valence-electron chi connectivity index (χ2n) is 10.1. The van der Waals surface area contributed by atoms with Crippen molar-refractivity contribution in [3.63, 3.8) is 0 Å². The number of nitrogens with zero attached hydrogens (tertiary/aromatic N) is 4. The molecule has 3 fully saturated rings. The van der Waals surface area contributed by atoms with Gasteiger partial charge in [-0.15, -0.1) is 0 Å². The molecule has 168 valence electrons. The topological polar surface area (TPSA) is 55.5 Å². The number of rotatable bonds is 5. The van der Waals surface area contributed by atoms with E-state index in [1.807, 2.05) is 0 Å². The van der Waals surface area contributed by atoms with Gasteiger partial charge in [-0.1, -0.05) is 25.4 Å². The Hall–Kier alpha value is -1.70. The third-order valence-electron chi connectivity index (χ3n) is 7.36. The SMILES string of the molecule is CC1(C)CCCN(CCN2C3CCC2CN(Cc2nc4c(Cl)cc(F)cc4[nH]2)C3)C1=O. The van der Waals surface area contributed by atoms with E-state index in [9.17, 15) is 9.18 Å². The summed E-state index contributed by atoms with van der Waals surface area (Å²) in [7, 11) is 0. The lowest BCUT2D eigenvalue weighted by atomic mass is 9.83. The maximum atomic E-state index is 13.6. The van der Waals surface area contributed by atoms with E-state index in [4.69, 9.17) is 11.6 Å². The van der Waals surface area contributed by atoms with Gasteiger partial charge in [0.05, 0.1) is 17.1 Å². The van der Waals surface area contributed by atoms with E-state index in [1.54, 1.807) is 0 Å². The van der Waals surface area contributed by atoms with E-state index < -0.39 is 0 Å². The van der Waals surface area contributed by atoms with E-state index in [-0.39, 0.29) is 11.2 Å². The lowest BCUT2D eigenvalue weighted by Crippen LogP contribution is -2.56. The number of piperazine rings is 1. The number of halogens is 2. The molecule has 4 heterocycles. The number of aromatic nitrogens is 2. The molecule has 0 spiro atoms. The molecule has 5 rings (SSSR count). The fraction of sp³-hybridized carbons (Fsp3) is 0.652. The van der Waals surface area contributed by atoms with Gasteiger partial charge >= 0.3 is 0 Å². The fourth-order valence-corrected chi connectivity index (χ4v) is 6.00. The van der Waals surface area contributed by atoms with Crippen LogP contribution in [0.2, 0.25) is 5.02 Å². The van der Waals surface area contributed by atoms with Crippen molar-refractivity contribution < 1.29 is 9.18 Å². The summed E-state index contributed by atoms with van der Waals surface area (Å²) in [6.45, 7) is 9.55. The van der Waals surface area contributed by atoms with Crippen molar-refractivity contribution in [1.29, 1.82) is 0 Å². The first kappa shape index (κ1) is 21.2. The average Bonchev–Trinajstić information content (AvgIpc) is 3.20. The van der Waals surface area contributed by atoms with Crippen molar-refractivity contribution >= 4 is 28.5 Å². The fourth-order valence-electron chi connectivity index (χ4n) is 5.75. The molecule has 3 aliphatic heterocycles. The first-order valence-corrected chi connectivity index (χ1v) is 11.8. The molecule has 0 aliphatic carbocycles. The second-order valence-corrected chi connectivity index (χ2v) is 10.5. The molecule has 0 radical (unpaired) electrons. The number of fused-ring (bicyclic) bond motifs is 3. The lowest BCUT2D eigenvalue weighted by Gasteiger charge is -2.43. The summed E-state index contributed by atoms with van der Waals surface area (Å²) in [5.74, 6) is 0.788. The van der Waals surface area contributed by atoms with Crippen LogP contribution >= 0.6 is 11.6 Å². The summed E-state index contributed by atoms with van der Waals surface area (Å²) in [4.78, 5) is 27.7.